The molecule has 0 radical (unpaired) electrons. The Morgan fingerprint density at radius 3 is 2.95 bits per heavy atom. The van der Waals surface area contributed by atoms with E-state index in [0.29, 0.717) is 17.2 Å². The molecule has 1 aromatic rings. The molecule has 1 amide bonds. The normalized spacial score (nSPS) is 17.4. The number of nitrogens with one attached hydrogen (secondary N) is 1. The highest BCUT2D eigenvalue weighted by Crippen LogP contribution is 2.25. The van der Waals surface area contributed by atoms with Crippen LogP contribution in [0.2, 0.25) is 5.02 Å². The van der Waals surface area contributed by atoms with Crippen LogP contribution in [-0.4, -0.2) is 43.1 Å². The molecule has 110 valence electrons. The largest absolute Gasteiger partial charge is 0.479 e. The number of hydrogen-bond acceptors (Lipinski definition) is 3. The number of carbonyl (C=O) groups is 1. The number of para-hydroxylation sites is 1. The lowest BCUT2D eigenvalue weighted by Crippen LogP contribution is -2.43. The van der Waals surface area contributed by atoms with E-state index in [2.05, 4.69) is 5.32 Å². The smallest absolute Gasteiger partial charge is 0.263 e. The van der Waals surface area contributed by atoms with E-state index in [9.17, 15) is 4.79 Å². The molecule has 1 atom stereocenters. The van der Waals surface area contributed by atoms with Gasteiger partial charge >= 0.3 is 0 Å². The predicted octanol–water partition coefficient (Wildman–Crippen LogP) is 2.32. The fourth-order valence-electron chi connectivity index (χ4n) is 2.27. The van der Waals surface area contributed by atoms with Gasteiger partial charge in [0.05, 0.1) is 5.02 Å². The van der Waals surface area contributed by atoms with Crippen molar-refractivity contribution in [1.29, 1.82) is 0 Å². The average Bonchev–Trinajstić information content (AvgIpc) is 2.75. The van der Waals surface area contributed by atoms with Crippen LogP contribution >= 0.6 is 11.6 Å². The minimum absolute atomic E-state index is 0.0520. The Kier molecular flexibility index (Phi) is 5.68. The molecule has 2 rings (SSSR count). The van der Waals surface area contributed by atoms with Crippen LogP contribution in [0.25, 0.3) is 0 Å². The Balaban J connectivity index is 2.03. The first-order chi connectivity index (χ1) is 9.72. The summed E-state index contributed by atoms with van der Waals surface area (Å²) in [6.45, 7) is 5.28. The molecule has 1 aromatic carbocycles. The lowest BCUT2D eigenvalue weighted by Gasteiger charge is -2.26. The molecular weight excluding hydrogens is 276 g/mol. The summed E-state index contributed by atoms with van der Waals surface area (Å²) in [6, 6.07) is 7.26. The highest BCUT2D eigenvalue weighted by molar-refractivity contribution is 6.32. The van der Waals surface area contributed by atoms with Crippen molar-refractivity contribution in [2.24, 2.45) is 0 Å². The molecule has 0 aromatic heterocycles. The quantitative estimate of drug-likeness (QED) is 0.927. The zero-order chi connectivity index (χ0) is 14.4. The third kappa shape index (κ3) is 3.87. The summed E-state index contributed by atoms with van der Waals surface area (Å²) in [5, 5.41) is 3.83. The lowest BCUT2D eigenvalue weighted by atomic mass is 10.2. The Labute approximate surface area is 125 Å². The molecule has 1 fully saturated rings. The first-order valence-electron chi connectivity index (χ1n) is 7.13. The number of amides is 1. The van der Waals surface area contributed by atoms with Gasteiger partial charge in [0.25, 0.3) is 5.91 Å². The zero-order valence-electron chi connectivity index (χ0n) is 11.8. The summed E-state index contributed by atoms with van der Waals surface area (Å²) in [5.41, 5.74) is 0. The van der Waals surface area contributed by atoms with Gasteiger partial charge in [0.1, 0.15) is 5.75 Å². The molecule has 20 heavy (non-hydrogen) atoms. The Bertz CT molecular complexity index is 445. The Morgan fingerprint density at radius 2 is 2.20 bits per heavy atom. The maximum absolute atomic E-state index is 12.5. The van der Waals surface area contributed by atoms with Crippen LogP contribution in [0, 0.1) is 0 Å². The summed E-state index contributed by atoms with van der Waals surface area (Å²) in [4.78, 5) is 14.4. The topological polar surface area (TPSA) is 41.6 Å². The van der Waals surface area contributed by atoms with Crippen LogP contribution in [0.5, 0.6) is 5.75 Å². The summed E-state index contributed by atoms with van der Waals surface area (Å²) >= 11 is 6.08. The third-order valence-corrected chi connectivity index (χ3v) is 3.72. The predicted molar refractivity (Wildman–Crippen MR) is 80.2 cm³/mol. The van der Waals surface area contributed by atoms with Crippen molar-refractivity contribution in [1.82, 2.24) is 10.2 Å². The molecule has 0 spiro atoms. The van der Waals surface area contributed by atoms with Gasteiger partial charge in [-0.1, -0.05) is 30.7 Å². The van der Waals surface area contributed by atoms with Crippen molar-refractivity contribution in [3.05, 3.63) is 29.3 Å². The van der Waals surface area contributed by atoms with Gasteiger partial charge in [-0.3, -0.25) is 4.79 Å². The number of halogens is 1. The molecule has 0 aliphatic carbocycles. The fraction of sp³-hybridized carbons (Fsp3) is 0.533. The van der Waals surface area contributed by atoms with Gasteiger partial charge in [-0.15, -0.1) is 0 Å². The van der Waals surface area contributed by atoms with E-state index in [0.717, 1.165) is 32.6 Å². The molecule has 0 saturated carbocycles. The number of hydrogen-bond donors (Lipinski definition) is 1. The molecule has 1 N–H and O–H groups in total. The number of carbonyl (C=O) groups excluding carboxylic acids is 1. The average molecular weight is 297 g/mol. The van der Waals surface area contributed by atoms with Crippen molar-refractivity contribution in [2.75, 3.05) is 26.2 Å². The van der Waals surface area contributed by atoms with E-state index in [1.165, 1.54) is 0 Å². The van der Waals surface area contributed by atoms with Crippen molar-refractivity contribution in [3.8, 4) is 5.75 Å². The third-order valence-electron chi connectivity index (χ3n) is 3.40. The van der Waals surface area contributed by atoms with Crippen LogP contribution in [0.1, 0.15) is 19.8 Å². The summed E-state index contributed by atoms with van der Waals surface area (Å²) in [7, 11) is 0. The number of nitrogens with zero attached hydrogens (tertiary/aromatic N) is 1. The minimum atomic E-state index is -0.465. The summed E-state index contributed by atoms with van der Waals surface area (Å²) < 4.78 is 5.81. The molecule has 4 nitrogen and oxygen atoms in total. The summed E-state index contributed by atoms with van der Waals surface area (Å²) in [5.74, 6) is 0.624. The van der Waals surface area contributed by atoms with Gasteiger partial charge in [0.2, 0.25) is 0 Å². The second-order valence-electron chi connectivity index (χ2n) is 4.87. The van der Waals surface area contributed by atoms with Crippen LogP contribution in [0.15, 0.2) is 24.3 Å². The molecule has 0 bridgehead atoms. The van der Waals surface area contributed by atoms with Crippen molar-refractivity contribution in [3.63, 3.8) is 0 Å². The molecule has 5 heteroatoms. The fourth-order valence-corrected chi connectivity index (χ4v) is 2.45. The van der Waals surface area contributed by atoms with Crippen LogP contribution < -0.4 is 10.1 Å². The first kappa shape index (κ1) is 15.1. The molecule has 1 aliphatic rings. The highest BCUT2D eigenvalue weighted by atomic mass is 35.5. The number of ether oxygens (including phenoxy) is 1. The van der Waals surface area contributed by atoms with E-state index in [1.807, 2.05) is 24.0 Å². The number of rotatable bonds is 4. The van der Waals surface area contributed by atoms with Gasteiger partial charge in [-0.2, -0.15) is 0 Å². The second kappa shape index (κ2) is 7.50. The zero-order valence-corrected chi connectivity index (χ0v) is 12.5. The monoisotopic (exact) mass is 296 g/mol. The van der Waals surface area contributed by atoms with Gasteiger partial charge in [0.15, 0.2) is 6.10 Å². The highest BCUT2D eigenvalue weighted by Gasteiger charge is 2.25. The summed E-state index contributed by atoms with van der Waals surface area (Å²) in [6.07, 6.45) is 1.15. The van der Waals surface area contributed by atoms with Crippen molar-refractivity contribution in [2.45, 2.75) is 25.9 Å². The number of benzene rings is 1. The maximum atomic E-state index is 12.5. The van der Waals surface area contributed by atoms with E-state index in [-0.39, 0.29) is 5.91 Å². The Morgan fingerprint density at radius 1 is 1.40 bits per heavy atom. The van der Waals surface area contributed by atoms with Crippen molar-refractivity contribution >= 4 is 17.5 Å². The van der Waals surface area contributed by atoms with E-state index in [4.69, 9.17) is 16.3 Å². The van der Waals surface area contributed by atoms with Gasteiger partial charge < -0.3 is 15.0 Å². The second-order valence-corrected chi connectivity index (χ2v) is 5.28. The first-order valence-corrected chi connectivity index (χ1v) is 7.51. The van der Waals surface area contributed by atoms with Gasteiger partial charge in [-0.25, -0.2) is 0 Å². The van der Waals surface area contributed by atoms with E-state index >= 15 is 0 Å². The van der Waals surface area contributed by atoms with E-state index < -0.39 is 6.10 Å². The van der Waals surface area contributed by atoms with E-state index in [1.54, 1.807) is 12.1 Å². The van der Waals surface area contributed by atoms with Gasteiger partial charge in [0, 0.05) is 19.6 Å². The standard InChI is InChI=1S/C15H21ClN2O2/c1-2-13(20-14-7-4-3-6-12(14)16)15(19)18-10-5-8-17-9-11-18/h3-4,6-7,13,17H,2,5,8-11H2,1H3. The van der Waals surface area contributed by atoms with Gasteiger partial charge in [-0.05, 0) is 31.5 Å². The SMILES string of the molecule is CCC(Oc1ccccc1Cl)C(=O)N1CCCNCC1. The molecule has 1 heterocycles. The minimum Gasteiger partial charge on any atom is -0.479 e. The maximum Gasteiger partial charge on any atom is 0.263 e. The van der Waals surface area contributed by atoms with Crippen molar-refractivity contribution < 1.29 is 9.53 Å². The van der Waals surface area contributed by atoms with Crippen LogP contribution in [0.3, 0.4) is 0 Å². The Hall–Kier alpha value is -1.26. The van der Waals surface area contributed by atoms with Crippen LogP contribution in [-0.2, 0) is 4.79 Å². The molecule has 1 saturated heterocycles. The molecule has 1 unspecified atom stereocenters. The van der Waals surface area contributed by atoms with Crippen LogP contribution in [0.4, 0.5) is 0 Å². The molecular formula is C15H21ClN2O2. The lowest BCUT2D eigenvalue weighted by molar-refractivity contribution is -0.138. The molecule has 1 aliphatic heterocycles.